The molecule has 0 saturated carbocycles. The molecule has 0 radical (unpaired) electrons. The standard InChI is InChI=1S/C12H20ClN5/c1-3-9-5-7-18(8-6-9)12-16-10(13)15-11(17-12)14-4-2/h9H,3-8H2,1-2H3,(H,14,15,16,17). The molecule has 2 heterocycles. The Bertz CT molecular complexity index is 390. The molecular formula is C12H20ClN5. The third kappa shape index (κ3) is 3.22. The van der Waals surface area contributed by atoms with Crippen molar-refractivity contribution in [2.75, 3.05) is 29.9 Å². The van der Waals surface area contributed by atoms with Crippen LogP contribution in [0.3, 0.4) is 0 Å². The van der Waals surface area contributed by atoms with Crippen LogP contribution in [-0.4, -0.2) is 34.6 Å². The van der Waals surface area contributed by atoms with E-state index in [9.17, 15) is 0 Å². The monoisotopic (exact) mass is 269 g/mol. The molecule has 1 aliphatic heterocycles. The summed E-state index contributed by atoms with van der Waals surface area (Å²) < 4.78 is 0. The van der Waals surface area contributed by atoms with Crippen molar-refractivity contribution in [2.45, 2.75) is 33.1 Å². The van der Waals surface area contributed by atoms with E-state index in [1.165, 1.54) is 19.3 Å². The molecule has 1 N–H and O–H groups in total. The van der Waals surface area contributed by atoms with Crippen LogP contribution < -0.4 is 10.2 Å². The van der Waals surface area contributed by atoms with Gasteiger partial charge in [-0.1, -0.05) is 13.3 Å². The molecule has 1 aromatic rings. The van der Waals surface area contributed by atoms with E-state index in [-0.39, 0.29) is 5.28 Å². The van der Waals surface area contributed by atoms with Crippen LogP contribution in [0.5, 0.6) is 0 Å². The first kappa shape index (κ1) is 13.3. The van der Waals surface area contributed by atoms with Crippen molar-refractivity contribution < 1.29 is 0 Å². The predicted molar refractivity (Wildman–Crippen MR) is 74.2 cm³/mol. The first-order valence-corrected chi connectivity index (χ1v) is 7.01. The maximum atomic E-state index is 5.93. The zero-order valence-corrected chi connectivity index (χ0v) is 11.7. The summed E-state index contributed by atoms with van der Waals surface area (Å²) >= 11 is 5.93. The van der Waals surface area contributed by atoms with Gasteiger partial charge in [0.05, 0.1) is 0 Å². The second-order valence-electron chi connectivity index (χ2n) is 4.60. The van der Waals surface area contributed by atoms with Crippen LogP contribution in [0.15, 0.2) is 0 Å². The molecule has 18 heavy (non-hydrogen) atoms. The van der Waals surface area contributed by atoms with E-state index in [2.05, 4.69) is 32.1 Å². The third-order valence-electron chi connectivity index (χ3n) is 3.41. The molecule has 0 aliphatic carbocycles. The lowest BCUT2D eigenvalue weighted by molar-refractivity contribution is 0.392. The third-order valence-corrected chi connectivity index (χ3v) is 3.57. The number of anilines is 2. The highest BCUT2D eigenvalue weighted by Crippen LogP contribution is 2.23. The number of piperidine rings is 1. The lowest BCUT2D eigenvalue weighted by Crippen LogP contribution is -2.35. The minimum Gasteiger partial charge on any atom is -0.354 e. The van der Waals surface area contributed by atoms with Gasteiger partial charge in [0.15, 0.2) is 0 Å². The Morgan fingerprint density at radius 3 is 2.56 bits per heavy atom. The smallest absolute Gasteiger partial charge is 0.231 e. The highest BCUT2D eigenvalue weighted by molar-refractivity contribution is 6.28. The second kappa shape index (κ2) is 6.18. The molecule has 100 valence electrons. The fourth-order valence-corrected chi connectivity index (χ4v) is 2.42. The zero-order valence-electron chi connectivity index (χ0n) is 11.0. The minimum atomic E-state index is 0.258. The topological polar surface area (TPSA) is 53.9 Å². The Morgan fingerprint density at radius 1 is 1.22 bits per heavy atom. The van der Waals surface area contributed by atoms with Gasteiger partial charge < -0.3 is 10.2 Å². The van der Waals surface area contributed by atoms with E-state index in [1.54, 1.807) is 0 Å². The maximum absolute atomic E-state index is 5.93. The van der Waals surface area contributed by atoms with Crippen molar-refractivity contribution in [3.05, 3.63) is 5.28 Å². The molecule has 0 amide bonds. The lowest BCUT2D eigenvalue weighted by Gasteiger charge is -2.31. The van der Waals surface area contributed by atoms with Crippen molar-refractivity contribution >= 4 is 23.5 Å². The van der Waals surface area contributed by atoms with Crippen LogP contribution in [0.2, 0.25) is 5.28 Å². The van der Waals surface area contributed by atoms with Crippen molar-refractivity contribution in [1.29, 1.82) is 0 Å². The molecule has 2 rings (SSSR count). The number of hydrogen-bond acceptors (Lipinski definition) is 5. The Balaban J connectivity index is 2.08. The molecular weight excluding hydrogens is 250 g/mol. The van der Waals surface area contributed by atoms with Crippen molar-refractivity contribution in [2.24, 2.45) is 5.92 Å². The molecule has 0 aromatic carbocycles. The summed E-state index contributed by atoms with van der Waals surface area (Å²) in [6, 6.07) is 0. The molecule has 6 heteroatoms. The lowest BCUT2D eigenvalue weighted by atomic mass is 9.95. The first-order chi connectivity index (χ1) is 8.72. The van der Waals surface area contributed by atoms with Crippen molar-refractivity contribution in [1.82, 2.24) is 15.0 Å². The molecule has 1 fully saturated rings. The molecule has 1 saturated heterocycles. The summed E-state index contributed by atoms with van der Waals surface area (Å²) in [5, 5.41) is 3.33. The predicted octanol–water partition coefficient (Wildman–Crippen LogP) is 2.58. The number of nitrogens with zero attached hydrogens (tertiary/aromatic N) is 4. The normalized spacial score (nSPS) is 16.9. The van der Waals surface area contributed by atoms with Gasteiger partial charge in [0.2, 0.25) is 17.2 Å². The quantitative estimate of drug-likeness (QED) is 0.911. The number of nitrogens with one attached hydrogen (secondary N) is 1. The van der Waals surface area contributed by atoms with Gasteiger partial charge in [0, 0.05) is 19.6 Å². The van der Waals surface area contributed by atoms with Gasteiger partial charge in [0.1, 0.15) is 0 Å². The molecule has 0 spiro atoms. The number of aromatic nitrogens is 3. The minimum absolute atomic E-state index is 0.258. The summed E-state index contributed by atoms with van der Waals surface area (Å²) in [5.74, 6) is 2.09. The average Bonchev–Trinajstić information content (AvgIpc) is 2.38. The SMILES string of the molecule is CCNc1nc(Cl)nc(N2CCC(CC)CC2)n1. The van der Waals surface area contributed by atoms with E-state index < -0.39 is 0 Å². The summed E-state index contributed by atoms with van der Waals surface area (Å²) in [5.41, 5.74) is 0. The van der Waals surface area contributed by atoms with Crippen molar-refractivity contribution in [3.8, 4) is 0 Å². The largest absolute Gasteiger partial charge is 0.354 e. The molecule has 5 nitrogen and oxygen atoms in total. The molecule has 0 bridgehead atoms. The van der Waals surface area contributed by atoms with Gasteiger partial charge in [-0.2, -0.15) is 15.0 Å². The number of hydrogen-bond donors (Lipinski definition) is 1. The van der Waals surface area contributed by atoms with E-state index in [4.69, 9.17) is 11.6 Å². The number of rotatable bonds is 4. The van der Waals surface area contributed by atoms with Crippen LogP contribution in [0.1, 0.15) is 33.1 Å². The second-order valence-corrected chi connectivity index (χ2v) is 4.94. The zero-order chi connectivity index (χ0) is 13.0. The highest BCUT2D eigenvalue weighted by Gasteiger charge is 2.20. The summed E-state index contributed by atoms with van der Waals surface area (Å²) in [7, 11) is 0. The van der Waals surface area contributed by atoms with Gasteiger partial charge in [-0.15, -0.1) is 0 Å². The Labute approximate surface area is 113 Å². The Hall–Kier alpha value is -1.10. The average molecular weight is 270 g/mol. The summed E-state index contributed by atoms with van der Waals surface area (Å²) in [4.78, 5) is 14.9. The first-order valence-electron chi connectivity index (χ1n) is 6.63. The van der Waals surface area contributed by atoms with Crippen LogP contribution in [0, 0.1) is 5.92 Å². The Morgan fingerprint density at radius 2 is 1.94 bits per heavy atom. The van der Waals surface area contributed by atoms with Gasteiger partial charge >= 0.3 is 0 Å². The summed E-state index contributed by atoms with van der Waals surface area (Å²) in [6.07, 6.45) is 3.67. The van der Waals surface area contributed by atoms with Crippen LogP contribution >= 0.6 is 11.6 Å². The highest BCUT2D eigenvalue weighted by atomic mass is 35.5. The molecule has 1 aliphatic rings. The van der Waals surface area contributed by atoms with Gasteiger partial charge in [-0.25, -0.2) is 0 Å². The fraction of sp³-hybridized carbons (Fsp3) is 0.750. The van der Waals surface area contributed by atoms with Gasteiger partial charge in [-0.3, -0.25) is 0 Å². The van der Waals surface area contributed by atoms with Crippen LogP contribution in [0.4, 0.5) is 11.9 Å². The van der Waals surface area contributed by atoms with E-state index in [1.807, 2.05) is 6.92 Å². The van der Waals surface area contributed by atoms with E-state index >= 15 is 0 Å². The van der Waals surface area contributed by atoms with Gasteiger partial charge in [0.25, 0.3) is 0 Å². The molecule has 0 unspecified atom stereocenters. The Kier molecular flexibility index (Phi) is 4.58. The van der Waals surface area contributed by atoms with Crippen LogP contribution in [-0.2, 0) is 0 Å². The van der Waals surface area contributed by atoms with E-state index in [0.717, 1.165) is 25.6 Å². The van der Waals surface area contributed by atoms with Crippen LogP contribution in [0.25, 0.3) is 0 Å². The van der Waals surface area contributed by atoms with E-state index in [0.29, 0.717) is 11.9 Å². The van der Waals surface area contributed by atoms with Gasteiger partial charge in [-0.05, 0) is 37.3 Å². The number of halogens is 1. The summed E-state index contributed by atoms with van der Waals surface area (Å²) in [6.45, 7) is 7.04. The molecule has 1 aromatic heterocycles. The molecule has 0 atom stereocenters. The maximum Gasteiger partial charge on any atom is 0.231 e. The van der Waals surface area contributed by atoms with Crippen molar-refractivity contribution in [3.63, 3.8) is 0 Å². The fourth-order valence-electron chi connectivity index (χ4n) is 2.26.